The number of alkyl halides is 1. The highest BCUT2D eigenvalue weighted by molar-refractivity contribution is 6.17. The summed E-state index contributed by atoms with van der Waals surface area (Å²) in [6.07, 6.45) is 0.775. The van der Waals surface area contributed by atoms with Gasteiger partial charge in [-0.05, 0) is 45.4 Å². The van der Waals surface area contributed by atoms with Crippen LogP contribution < -0.4 is 0 Å². The fourth-order valence-electron chi connectivity index (χ4n) is 2.56. The number of nitrogens with zero attached hydrogens (tertiary/aromatic N) is 2. The molecule has 0 aliphatic rings. The maximum absolute atomic E-state index is 5.91. The predicted molar refractivity (Wildman–Crippen MR) is 84.6 cm³/mol. The van der Waals surface area contributed by atoms with Gasteiger partial charge in [-0.3, -0.25) is 0 Å². The molecule has 1 aromatic heterocycles. The summed E-state index contributed by atoms with van der Waals surface area (Å²) in [5.74, 6) is 1.62. The third-order valence-electron chi connectivity index (χ3n) is 3.37. The van der Waals surface area contributed by atoms with E-state index in [4.69, 9.17) is 21.3 Å². The van der Waals surface area contributed by atoms with Gasteiger partial charge in [0, 0.05) is 18.9 Å². The molecule has 1 heterocycles. The van der Waals surface area contributed by atoms with Crippen molar-refractivity contribution in [2.45, 2.75) is 46.3 Å². The Balaban J connectivity index is 2.45. The highest BCUT2D eigenvalue weighted by Crippen LogP contribution is 2.22. The third-order valence-corrected chi connectivity index (χ3v) is 3.56. The van der Waals surface area contributed by atoms with E-state index in [9.17, 15) is 0 Å². The van der Waals surface area contributed by atoms with Crippen LogP contribution in [0.4, 0.5) is 0 Å². The van der Waals surface area contributed by atoms with Crippen molar-refractivity contribution >= 4 is 22.6 Å². The second-order valence-electron chi connectivity index (χ2n) is 5.74. The van der Waals surface area contributed by atoms with Crippen LogP contribution >= 0.6 is 11.6 Å². The van der Waals surface area contributed by atoms with Crippen molar-refractivity contribution < 1.29 is 4.74 Å². The molecule has 0 radical (unpaired) electrons. The summed E-state index contributed by atoms with van der Waals surface area (Å²) in [6, 6.07) is 6.38. The minimum atomic E-state index is -0.214. The molecule has 0 fully saturated rings. The van der Waals surface area contributed by atoms with Gasteiger partial charge in [0.2, 0.25) is 0 Å². The number of fused-ring (bicyclic) bond motifs is 1. The first kappa shape index (κ1) is 15.3. The molecule has 0 unspecified atom stereocenters. The van der Waals surface area contributed by atoms with E-state index >= 15 is 0 Å². The zero-order valence-corrected chi connectivity index (χ0v) is 13.5. The van der Waals surface area contributed by atoms with E-state index in [0.717, 1.165) is 29.8 Å². The molecule has 110 valence electrons. The van der Waals surface area contributed by atoms with Crippen LogP contribution in [-0.4, -0.2) is 27.6 Å². The zero-order valence-electron chi connectivity index (χ0n) is 12.7. The first-order valence-electron chi connectivity index (χ1n) is 7.12. The van der Waals surface area contributed by atoms with E-state index in [2.05, 4.69) is 43.5 Å². The number of aromatic nitrogens is 2. The second kappa shape index (κ2) is 6.15. The van der Waals surface area contributed by atoms with Gasteiger partial charge >= 0.3 is 0 Å². The number of halogens is 1. The van der Waals surface area contributed by atoms with Crippen molar-refractivity contribution in [1.82, 2.24) is 9.55 Å². The molecule has 1 aromatic carbocycles. The van der Waals surface area contributed by atoms with E-state index < -0.39 is 0 Å². The quantitative estimate of drug-likeness (QED) is 0.755. The lowest BCUT2D eigenvalue weighted by atomic mass is 10.1. The summed E-state index contributed by atoms with van der Waals surface area (Å²) in [4.78, 5) is 4.73. The molecule has 4 heteroatoms. The molecular formula is C16H23ClN2O. The summed E-state index contributed by atoms with van der Waals surface area (Å²) in [5, 5.41) is 0. The Morgan fingerprint density at radius 1 is 1.35 bits per heavy atom. The number of hydrogen-bond donors (Lipinski definition) is 0. The molecule has 0 bridgehead atoms. The van der Waals surface area contributed by atoms with Crippen LogP contribution in [0.5, 0.6) is 0 Å². The molecule has 0 aliphatic heterocycles. The minimum absolute atomic E-state index is 0.214. The predicted octanol–water partition coefficient (Wildman–Crippen LogP) is 3.94. The second-order valence-corrected chi connectivity index (χ2v) is 6.12. The van der Waals surface area contributed by atoms with Gasteiger partial charge in [0.15, 0.2) is 0 Å². The van der Waals surface area contributed by atoms with Crippen LogP contribution in [0, 0.1) is 6.92 Å². The lowest BCUT2D eigenvalue weighted by Crippen LogP contribution is -2.31. The lowest BCUT2D eigenvalue weighted by Gasteiger charge is -2.26. The Kier molecular flexibility index (Phi) is 4.71. The molecule has 20 heavy (non-hydrogen) atoms. The van der Waals surface area contributed by atoms with Gasteiger partial charge in [0.25, 0.3) is 0 Å². The Morgan fingerprint density at radius 3 is 2.75 bits per heavy atom. The fraction of sp³-hybridized carbons (Fsp3) is 0.562. The Labute approximate surface area is 125 Å². The molecule has 0 aliphatic carbocycles. The Hall–Kier alpha value is -1.06. The monoisotopic (exact) mass is 294 g/mol. The van der Waals surface area contributed by atoms with E-state index in [-0.39, 0.29) is 5.60 Å². The molecule has 0 atom stereocenters. The number of hydrogen-bond acceptors (Lipinski definition) is 2. The molecule has 2 aromatic rings. The van der Waals surface area contributed by atoms with Gasteiger partial charge in [-0.1, -0.05) is 6.07 Å². The van der Waals surface area contributed by atoms with Crippen molar-refractivity contribution in [1.29, 1.82) is 0 Å². The highest BCUT2D eigenvalue weighted by atomic mass is 35.5. The molecule has 0 N–H and O–H groups in total. The number of rotatable bonds is 6. The number of ether oxygens (including phenoxy) is 1. The molecule has 2 rings (SSSR count). The summed E-state index contributed by atoms with van der Waals surface area (Å²) in [6.45, 7) is 9.83. The van der Waals surface area contributed by atoms with Gasteiger partial charge in [0.05, 0.1) is 23.2 Å². The number of benzene rings is 1. The topological polar surface area (TPSA) is 27.1 Å². The maximum atomic E-state index is 5.91. The summed E-state index contributed by atoms with van der Waals surface area (Å²) in [7, 11) is 0. The minimum Gasteiger partial charge on any atom is -0.374 e. The lowest BCUT2D eigenvalue weighted by molar-refractivity contribution is -0.0221. The molecule has 0 saturated carbocycles. The SMILES string of the molecule is CCOC(C)(C)Cn1c(CCCl)nc2cc(C)ccc21. The Bertz CT molecular complexity index is 589. The standard InChI is InChI=1S/C16H23ClN2O/c1-5-20-16(3,4)11-19-14-7-6-12(2)10-13(14)18-15(19)8-9-17/h6-7,10H,5,8-9,11H2,1-4H3. The van der Waals surface area contributed by atoms with Crippen LogP contribution in [0.1, 0.15) is 32.2 Å². The van der Waals surface area contributed by atoms with Crippen LogP contribution in [0.3, 0.4) is 0 Å². The highest BCUT2D eigenvalue weighted by Gasteiger charge is 2.22. The van der Waals surface area contributed by atoms with E-state index in [0.29, 0.717) is 12.5 Å². The normalized spacial score (nSPS) is 12.2. The van der Waals surface area contributed by atoms with Crippen molar-refractivity contribution in [2.75, 3.05) is 12.5 Å². The van der Waals surface area contributed by atoms with Gasteiger partial charge in [0.1, 0.15) is 5.82 Å². The molecule has 0 saturated heterocycles. The molecule has 3 nitrogen and oxygen atoms in total. The van der Waals surface area contributed by atoms with Crippen molar-refractivity contribution in [3.05, 3.63) is 29.6 Å². The zero-order chi connectivity index (χ0) is 14.8. The molecule has 0 amide bonds. The van der Waals surface area contributed by atoms with Gasteiger partial charge in [-0.15, -0.1) is 11.6 Å². The molecular weight excluding hydrogens is 272 g/mol. The Morgan fingerprint density at radius 2 is 2.10 bits per heavy atom. The first-order chi connectivity index (χ1) is 9.46. The number of imidazole rings is 1. The maximum Gasteiger partial charge on any atom is 0.111 e. The third kappa shape index (κ3) is 3.33. The van der Waals surface area contributed by atoms with Gasteiger partial charge in [-0.2, -0.15) is 0 Å². The average molecular weight is 295 g/mol. The van der Waals surface area contributed by atoms with Crippen molar-refractivity contribution in [2.24, 2.45) is 0 Å². The van der Waals surface area contributed by atoms with Crippen LogP contribution in [-0.2, 0) is 17.7 Å². The summed E-state index contributed by atoms with van der Waals surface area (Å²) in [5.41, 5.74) is 3.21. The smallest absolute Gasteiger partial charge is 0.111 e. The van der Waals surface area contributed by atoms with Gasteiger partial charge < -0.3 is 9.30 Å². The number of aryl methyl sites for hydroxylation is 2. The van der Waals surface area contributed by atoms with Crippen LogP contribution in [0.15, 0.2) is 18.2 Å². The first-order valence-corrected chi connectivity index (χ1v) is 7.66. The fourth-order valence-corrected chi connectivity index (χ4v) is 2.73. The van der Waals surface area contributed by atoms with E-state index in [1.807, 2.05) is 6.92 Å². The van der Waals surface area contributed by atoms with Crippen LogP contribution in [0.2, 0.25) is 0 Å². The van der Waals surface area contributed by atoms with Gasteiger partial charge in [-0.25, -0.2) is 4.98 Å². The average Bonchev–Trinajstić information content (AvgIpc) is 2.66. The van der Waals surface area contributed by atoms with E-state index in [1.54, 1.807) is 0 Å². The van der Waals surface area contributed by atoms with Crippen LogP contribution in [0.25, 0.3) is 11.0 Å². The summed E-state index contributed by atoms with van der Waals surface area (Å²) < 4.78 is 8.07. The largest absolute Gasteiger partial charge is 0.374 e. The van der Waals surface area contributed by atoms with Crippen molar-refractivity contribution in [3.63, 3.8) is 0 Å². The molecule has 0 spiro atoms. The van der Waals surface area contributed by atoms with Crippen molar-refractivity contribution in [3.8, 4) is 0 Å². The summed E-state index contributed by atoms with van der Waals surface area (Å²) >= 11 is 5.91. The van der Waals surface area contributed by atoms with E-state index in [1.165, 1.54) is 5.56 Å².